The highest BCUT2D eigenvalue weighted by Crippen LogP contribution is 2.71. The topological polar surface area (TPSA) is 129 Å². The van der Waals surface area contributed by atoms with Crippen molar-refractivity contribution in [3.05, 3.63) is 95.3 Å². The number of hydrogen-bond donors (Lipinski definition) is 2. The third kappa shape index (κ3) is 4.46. The summed E-state index contributed by atoms with van der Waals surface area (Å²) in [5.41, 5.74) is -1.30. The predicted molar refractivity (Wildman–Crippen MR) is 160 cm³/mol. The molecule has 1 fully saturated rings. The fraction of sp³-hybridized carbons (Fsp3) is 0.412. The number of nitrogens with one attached hydrogen (secondary N) is 2. The molecular formula is C34H38N2O8. The second kappa shape index (κ2) is 12.6. The molecule has 1 saturated carbocycles. The van der Waals surface area contributed by atoms with Crippen LogP contribution < -0.4 is 10.6 Å². The van der Waals surface area contributed by atoms with Gasteiger partial charge in [-0.3, -0.25) is 9.59 Å². The van der Waals surface area contributed by atoms with Crippen molar-refractivity contribution in [2.24, 2.45) is 10.8 Å². The Morgan fingerprint density at radius 1 is 0.568 bits per heavy atom. The molecule has 2 aliphatic heterocycles. The van der Waals surface area contributed by atoms with E-state index in [1.807, 2.05) is 60.7 Å². The molecule has 5 rings (SSSR count). The van der Waals surface area contributed by atoms with E-state index >= 15 is 0 Å². The van der Waals surface area contributed by atoms with Crippen LogP contribution in [0, 0.1) is 10.8 Å². The Hall–Kier alpha value is -4.60. The molecule has 0 aromatic heterocycles. The van der Waals surface area contributed by atoms with Gasteiger partial charge in [0.2, 0.25) is 0 Å². The van der Waals surface area contributed by atoms with Crippen LogP contribution in [0.5, 0.6) is 0 Å². The van der Waals surface area contributed by atoms with Crippen LogP contribution in [-0.4, -0.2) is 62.4 Å². The van der Waals surface area contributed by atoms with Gasteiger partial charge in [0.15, 0.2) is 0 Å². The van der Waals surface area contributed by atoms with Gasteiger partial charge in [0.25, 0.3) is 0 Å². The molecule has 1 aliphatic carbocycles. The Morgan fingerprint density at radius 2 is 0.909 bits per heavy atom. The molecular weight excluding hydrogens is 564 g/mol. The van der Waals surface area contributed by atoms with E-state index in [4.69, 9.17) is 18.9 Å². The predicted octanol–water partition coefficient (Wildman–Crippen LogP) is 3.50. The van der Waals surface area contributed by atoms with Gasteiger partial charge in [0.1, 0.15) is 10.8 Å². The Kier molecular flexibility index (Phi) is 8.80. The molecule has 0 unspecified atom stereocenters. The maximum atomic E-state index is 14.5. The summed E-state index contributed by atoms with van der Waals surface area (Å²) < 4.78 is 22.4. The second-order valence-corrected chi connectivity index (χ2v) is 10.8. The highest BCUT2D eigenvalue weighted by atomic mass is 16.5. The molecule has 2 aromatic carbocycles. The number of carbonyl (C=O) groups excluding carboxylic acids is 4. The van der Waals surface area contributed by atoms with E-state index in [0.29, 0.717) is 11.1 Å². The summed E-state index contributed by atoms with van der Waals surface area (Å²) in [6, 6.07) is 16.4. The molecule has 0 saturated heterocycles. The van der Waals surface area contributed by atoms with Crippen molar-refractivity contribution < 1.29 is 38.1 Å². The van der Waals surface area contributed by atoms with Gasteiger partial charge in [0, 0.05) is 24.2 Å². The van der Waals surface area contributed by atoms with E-state index < -0.39 is 58.6 Å². The van der Waals surface area contributed by atoms with Crippen molar-refractivity contribution in [2.75, 3.05) is 26.4 Å². The quantitative estimate of drug-likeness (QED) is 0.308. The lowest BCUT2D eigenvalue weighted by atomic mass is 9.34. The molecule has 0 spiro atoms. The highest BCUT2D eigenvalue weighted by molar-refractivity contribution is 6.01. The summed E-state index contributed by atoms with van der Waals surface area (Å²) in [5.74, 6) is -4.13. The van der Waals surface area contributed by atoms with Crippen LogP contribution in [0.2, 0.25) is 0 Å². The first-order chi connectivity index (χ1) is 21.3. The number of hydrogen-bond acceptors (Lipinski definition) is 10. The van der Waals surface area contributed by atoms with E-state index in [1.54, 1.807) is 27.7 Å². The van der Waals surface area contributed by atoms with Gasteiger partial charge in [-0.05, 0) is 38.8 Å². The number of carbonyl (C=O) groups is 4. The monoisotopic (exact) mass is 602 g/mol. The van der Waals surface area contributed by atoms with Gasteiger partial charge in [-0.25, -0.2) is 9.59 Å². The maximum Gasteiger partial charge on any atom is 0.336 e. The second-order valence-electron chi connectivity index (χ2n) is 10.8. The summed E-state index contributed by atoms with van der Waals surface area (Å²) in [6.07, 6.45) is 3.05. The molecule has 3 aliphatic rings. The Balaban J connectivity index is 1.84. The molecule has 232 valence electrons. The van der Waals surface area contributed by atoms with Crippen LogP contribution in [0.3, 0.4) is 0 Å². The van der Waals surface area contributed by atoms with Crippen LogP contribution in [0.15, 0.2) is 84.2 Å². The molecule has 10 nitrogen and oxygen atoms in total. The zero-order chi connectivity index (χ0) is 31.5. The van der Waals surface area contributed by atoms with Gasteiger partial charge in [-0.2, -0.15) is 0 Å². The van der Waals surface area contributed by atoms with E-state index in [2.05, 4.69) is 10.6 Å². The van der Waals surface area contributed by atoms with Crippen molar-refractivity contribution in [2.45, 2.75) is 51.6 Å². The normalized spacial score (nSPS) is 28.2. The van der Waals surface area contributed by atoms with Gasteiger partial charge in [-0.15, -0.1) is 0 Å². The highest BCUT2D eigenvalue weighted by Gasteiger charge is 2.85. The van der Waals surface area contributed by atoms with E-state index in [0.717, 1.165) is 0 Å². The molecule has 2 N–H and O–H groups in total. The summed E-state index contributed by atoms with van der Waals surface area (Å²) in [4.78, 5) is 55.9. The maximum absolute atomic E-state index is 14.5. The van der Waals surface area contributed by atoms with Crippen LogP contribution in [0.25, 0.3) is 0 Å². The van der Waals surface area contributed by atoms with Crippen LogP contribution in [0.4, 0.5) is 0 Å². The van der Waals surface area contributed by atoms with Crippen LogP contribution >= 0.6 is 0 Å². The van der Waals surface area contributed by atoms with Crippen LogP contribution in [0.1, 0.15) is 50.7 Å². The zero-order valence-electron chi connectivity index (χ0n) is 25.3. The first-order valence-electron chi connectivity index (χ1n) is 15.1. The van der Waals surface area contributed by atoms with Crippen molar-refractivity contribution in [1.29, 1.82) is 0 Å². The average molecular weight is 603 g/mol. The molecule has 0 bridgehead atoms. The number of ether oxygens (including phenoxy) is 4. The molecule has 0 atom stereocenters. The Bertz CT molecular complexity index is 1350. The SMILES string of the molecule is CCOC(=O)C1=CNC2C(C(=O)OCC)(C1c1ccccc1)C1NC=C(C(=O)OCC)C(c3ccccc3)C21C(=O)OCC. The summed E-state index contributed by atoms with van der Waals surface area (Å²) in [5, 5.41) is 6.55. The largest absolute Gasteiger partial charge is 0.465 e. The lowest BCUT2D eigenvalue weighted by Crippen LogP contribution is -2.88. The van der Waals surface area contributed by atoms with Crippen molar-refractivity contribution in [3.8, 4) is 0 Å². The first-order valence-corrected chi connectivity index (χ1v) is 15.1. The molecule has 2 aromatic rings. The van der Waals surface area contributed by atoms with E-state index in [9.17, 15) is 19.2 Å². The molecule has 2 heterocycles. The van der Waals surface area contributed by atoms with Gasteiger partial charge in [0.05, 0.1) is 49.7 Å². The molecule has 44 heavy (non-hydrogen) atoms. The Labute approximate surface area is 256 Å². The third-order valence-corrected chi connectivity index (χ3v) is 8.85. The minimum Gasteiger partial charge on any atom is -0.465 e. The van der Waals surface area contributed by atoms with Crippen LogP contribution in [-0.2, 0) is 38.1 Å². The average Bonchev–Trinajstić information content (AvgIpc) is 3.03. The van der Waals surface area contributed by atoms with Crippen molar-refractivity contribution in [1.82, 2.24) is 10.6 Å². The Morgan fingerprint density at radius 3 is 1.23 bits per heavy atom. The van der Waals surface area contributed by atoms with E-state index in [-0.39, 0.29) is 37.6 Å². The lowest BCUT2D eigenvalue weighted by molar-refractivity contribution is -0.214. The van der Waals surface area contributed by atoms with E-state index in [1.165, 1.54) is 12.4 Å². The smallest absolute Gasteiger partial charge is 0.336 e. The molecule has 10 heteroatoms. The number of rotatable bonds is 10. The van der Waals surface area contributed by atoms with Gasteiger partial charge in [-0.1, -0.05) is 60.7 Å². The van der Waals surface area contributed by atoms with Crippen molar-refractivity contribution >= 4 is 23.9 Å². The zero-order valence-corrected chi connectivity index (χ0v) is 25.3. The third-order valence-electron chi connectivity index (χ3n) is 8.85. The molecule has 0 amide bonds. The lowest BCUT2D eigenvalue weighted by Gasteiger charge is -2.71. The summed E-state index contributed by atoms with van der Waals surface area (Å²) >= 11 is 0. The summed E-state index contributed by atoms with van der Waals surface area (Å²) in [6.45, 7) is 7.22. The minimum atomic E-state index is -1.54. The first kappa shape index (κ1) is 30.8. The minimum absolute atomic E-state index is 0.0679. The number of esters is 4. The fourth-order valence-corrected chi connectivity index (χ4v) is 7.48. The fourth-order valence-electron chi connectivity index (χ4n) is 7.48. The van der Waals surface area contributed by atoms with Gasteiger partial charge < -0.3 is 29.6 Å². The standard InChI is InChI=1S/C34H38N2O8/c1-5-41-27(37)23-19-35-29-33(31(39)43-7-3,25(23)21-15-11-9-12-16-21)30-34(29,32(40)44-8-4)26(22-17-13-10-14-18-22)24(20-36-30)28(38)42-6-2/h9-20,25-26,29-30,35-36H,5-8H2,1-4H3. The molecule has 0 radical (unpaired) electrons. The number of fused-ring (bicyclic) bond motifs is 4. The van der Waals surface area contributed by atoms with Gasteiger partial charge >= 0.3 is 23.9 Å². The summed E-state index contributed by atoms with van der Waals surface area (Å²) in [7, 11) is 0. The van der Waals surface area contributed by atoms with Crippen molar-refractivity contribution in [3.63, 3.8) is 0 Å². The number of benzene rings is 2.